The molecule has 4 aliphatic heterocycles. The highest BCUT2D eigenvalue weighted by atomic mass is 16.5. The predicted octanol–water partition coefficient (Wildman–Crippen LogP) is 3.44. The van der Waals surface area contributed by atoms with Crippen LogP contribution in [-0.2, 0) is 11.3 Å². The zero-order valence-corrected chi connectivity index (χ0v) is 22.1. The molecule has 40 heavy (non-hydrogen) atoms. The number of pyridine rings is 3. The Kier molecular flexibility index (Phi) is 5.46. The van der Waals surface area contributed by atoms with Crippen molar-refractivity contribution in [1.29, 1.82) is 5.26 Å². The first-order valence-electron chi connectivity index (χ1n) is 13.9. The zero-order chi connectivity index (χ0) is 26.6. The molecule has 2 unspecified atom stereocenters. The Labute approximate surface area is 231 Å². The van der Waals surface area contributed by atoms with Crippen LogP contribution in [0, 0.1) is 11.3 Å². The molecule has 2 bridgehead atoms. The van der Waals surface area contributed by atoms with Crippen LogP contribution < -0.4 is 9.80 Å². The summed E-state index contributed by atoms with van der Waals surface area (Å²) in [5.74, 6) is 1.00. The molecule has 0 spiro atoms. The third-order valence-electron chi connectivity index (χ3n) is 8.64. The summed E-state index contributed by atoms with van der Waals surface area (Å²) in [5.41, 5.74) is 6.62. The molecule has 200 valence electrons. The van der Waals surface area contributed by atoms with Crippen LogP contribution in [0.2, 0.25) is 0 Å². The highest BCUT2D eigenvalue weighted by Crippen LogP contribution is 2.37. The van der Waals surface area contributed by atoms with Gasteiger partial charge in [0.25, 0.3) is 0 Å². The van der Waals surface area contributed by atoms with Gasteiger partial charge in [-0.05, 0) is 42.3 Å². The van der Waals surface area contributed by atoms with Gasteiger partial charge in [0.1, 0.15) is 17.5 Å². The summed E-state index contributed by atoms with van der Waals surface area (Å²) in [5, 5.41) is 15.4. The molecule has 0 saturated carbocycles. The van der Waals surface area contributed by atoms with Crippen LogP contribution in [0.25, 0.3) is 27.7 Å². The van der Waals surface area contributed by atoms with E-state index in [9.17, 15) is 5.26 Å². The molecule has 4 saturated heterocycles. The second-order valence-electron chi connectivity index (χ2n) is 11.0. The summed E-state index contributed by atoms with van der Waals surface area (Å²) in [7, 11) is 0. The quantitative estimate of drug-likeness (QED) is 0.368. The monoisotopic (exact) mass is 531 g/mol. The lowest BCUT2D eigenvalue weighted by Gasteiger charge is -2.56. The normalized spacial score (nSPS) is 21.1. The van der Waals surface area contributed by atoms with E-state index < -0.39 is 0 Å². The number of piperidine rings is 1. The van der Waals surface area contributed by atoms with Crippen molar-refractivity contribution in [2.45, 2.75) is 25.0 Å². The number of morpholine rings is 1. The third-order valence-corrected chi connectivity index (χ3v) is 8.64. The molecular formula is C30H29N9O. The lowest BCUT2D eigenvalue weighted by atomic mass is 9.87. The van der Waals surface area contributed by atoms with Crippen LogP contribution in [0.3, 0.4) is 0 Å². The molecule has 9 rings (SSSR count). The fourth-order valence-electron chi connectivity index (χ4n) is 6.55. The molecule has 5 aromatic heterocycles. The molecule has 0 aliphatic carbocycles. The van der Waals surface area contributed by atoms with Gasteiger partial charge < -0.3 is 19.5 Å². The topological polar surface area (TPSA) is 102 Å². The third kappa shape index (κ3) is 3.89. The highest BCUT2D eigenvalue weighted by Gasteiger charge is 2.44. The number of H-pyrrole nitrogens is 1. The van der Waals surface area contributed by atoms with Crippen LogP contribution in [0.15, 0.2) is 61.3 Å². The summed E-state index contributed by atoms with van der Waals surface area (Å²) >= 11 is 0. The second kappa shape index (κ2) is 9.33. The maximum absolute atomic E-state index is 9.75. The largest absolute Gasteiger partial charge is 0.378 e. The number of hydrogen-bond donors (Lipinski definition) is 1. The van der Waals surface area contributed by atoms with Gasteiger partial charge in [-0.1, -0.05) is 0 Å². The standard InChI is InChI=1S/C30H29N9O/c31-12-23-15-35-39-19-24(36-5-7-40-8-6-36)11-27(29(23)39)22-1-2-28(33-14-22)37-17-25-10-26(18-37)38(25)16-20-9-21-3-4-32-30(21)34-13-20/h1-4,9,11,13-15,19,25-26H,5-8,10,16-18H2,(H,32,34). The summed E-state index contributed by atoms with van der Waals surface area (Å²) in [6.07, 6.45) is 10.8. The van der Waals surface area contributed by atoms with Gasteiger partial charge >= 0.3 is 0 Å². The Hall–Kier alpha value is -4.46. The van der Waals surface area contributed by atoms with Crippen molar-refractivity contribution in [3.05, 3.63) is 72.4 Å². The van der Waals surface area contributed by atoms with Crippen molar-refractivity contribution in [3.63, 3.8) is 0 Å². The predicted molar refractivity (Wildman–Crippen MR) is 152 cm³/mol. The van der Waals surface area contributed by atoms with E-state index in [2.05, 4.69) is 66.2 Å². The Morgan fingerprint density at radius 1 is 1.00 bits per heavy atom. The molecule has 10 nitrogen and oxygen atoms in total. The van der Waals surface area contributed by atoms with Gasteiger partial charge in [0.2, 0.25) is 0 Å². The van der Waals surface area contributed by atoms with Crippen molar-refractivity contribution < 1.29 is 4.74 Å². The smallest absolute Gasteiger partial charge is 0.137 e. The highest BCUT2D eigenvalue weighted by molar-refractivity contribution is 5.86. The minimum absolute atomic E-state index is 0.525. The lowest BCUT2D eigenvalue weighted by Crippen LogP contribution is -2.68. The fourth-order valence-corrected chi connectivity index (χ4v) is 6.55. The van der Waals surface area contributed by atoms with Crippen LogP contribution in [0.5, 0.6) is 0 Å². The summed E-state index contributed by atoms with van der Waals surface area (Å²) in [6.45, 7) is 5.97. The molecular weight excluding hydrogens is 502 g/mol. The van der Waals surface area contributed by atoms with Gasteiger partial charge in [-0.2, -0.15) is 10.4 Å². The van der Waals surface area contributed by atoms with Crippen LogP contribution in [-0.4, -0.2) is 80.9 Å². The number of nitrogens with zero attached hydrogens (tertiary/aromatic N) is 8. The number of anilines is 2. The number of rotatable bonds is 5. The van der Waals surface area contributed by atoms with Crippen molar-refractivity contribution in [1.82, 2.24) is 29.5 Å². The van der Waals surface area contributed by atoms with Crippen molar-refractivity contribution in [2.24, 2.45) is 0 Å². The molecule has 0 amide bonds. The first-order valence-corrected chi connectivity index (χ1v) is 13.9. The lowest BCUT2D eigenvalue weighted by molar-refractivity contribution is -0.00871. The first-order chi connectivity index (χ1) is 19.7. The SMILES string of the molecule is N#Cc1cnn2cc(N3CCOCC3)cc(-c3ccc(N4CC5CC(C4)N5Cc4cnc5[nH]ccc5c4)nc3)c12. The van der Waals surface area contributed by atoms with Crippen molar-refractivity contribution in [2.75, 3.05) is 49.2 Å². The number of aromatic nitrogens is 5. The molecule has 0 aromatic carbocycles. The van der Waals surface area contributed by atoms with E-state index in [1.54, 1.807) is 6.20 Å². The Morgan fingerprint density at radius 2 is 1.88 bits per heavy atom. The molecule has 1 N–H and O–H groups in total. The van der Waals surface area contributed by atoms with Gasteiger partial charge in [-0.25, -0.2) is 14.5 Å². The van der Waals surface area contributed by atoms with E-state index in [0.29, 0.717) is 30.9 Å². The maximum Gasteiger partial charge on any atom is 0.137 e. The van der Waals surface area contributed by atoms with E-state index >= 15 is 0 Å². The van der Waals surface area contributed by atoms with E-state index in [1.165, 1.54) is 17.4 Å². The molecule has 4 aliphatic rings. The average Bonchev–Trinajstić information content (AvgIpc) is 3.66. The van der Waals surface area contributed by atoms with E-state index in [1.807, 2.05) is 29.3 Å². The minimum Gasteiger partial charge on any atom is -0.378 e. The Balaban J connectivity index is 1.02. The maximum atomic E-state index is 9.75. The van der Waals surface area contributed by atoms with Crippen molar-refractivity contribution >= 4 is 28.1 Å². The minimum atomic E-state index is 0.525. The number of nitrogens with one attached hydrogen (secondary N) is 1. The van der Waals surface area contributed by atoms with Crippen LogP contribution >= 0.6 is 0 Å². The summed E-state index contributed by atoms with van der Waals surface area (Å²) in [6, 6.07) is 14.1. The van der Waals surface area contributed by atoms with E-state index in [4.69, 9.17) is 9.72 Å². The Morgan fingerprint density at radius 3 is 2.67 bits per heavy atom. The number of ether oxygens (including phenoxy) is 1. The molecule has 10 heteroatoms. The van der Waals surface area contributed by atoms with Gasteiger partial charge in [0.15, 0.2) is 0 Å². The molecule has 2 atom stereocenters. The van der Waals surface area contributed by atoms with Gasteiger partial charge in [-0.15, -0.1) is 0 Å². The number of piperazine rings is 1. The molecule has 0 radical (unpaired) electrons. The summed E-state index contributed by atoms with van der Waals surface area (Å²) < 4.78 is 7.37. The molecule has 4 fully saturated rings. The first kappa shape index (κ1) is 23.4. The van der Waals surface area contributed by atoms with Crippen LogP contribution in [0.1, 0.15) is 17.5 Å². The second-order valence-corrected chi connectivity index (χ2v) is 11.0. The fraction of sp³-hybridized carbons (Fsp3) is 0.333. The van der Waals surface area contributed by atoms with E-state index in [-0.39, 0.29) is 0 Å². The van der Waals surface area contributed by atoms with Gasteiger partial charge in [-0.3, -0.25) is 4.90 Å². The Bertz CT molecular complexity index is 1730. The average molecular weight is 532 g/mol. The van der Waals surface area contributed by atoms with Gasteiger partial charge in [0.05, 0.1) is 42.4 Å². The summed E-state index contributed by atoms with van der Waals surface area (Å²) in [4.78, 5) is 20.0. The zero-order valence-electron chi connectivity index (χ0n) is 22.1. The number of hydrogen-bond acceptors (Lipinski definition) is 8. The molecule has 5 aromatic rings. The number of nitriles is 1. The number of fused-ring (bicyclic) bond motifs is 4. The van der Waals surface area contributed by atoms with Crippen molar-refractivity contribution in [3.8, 4) is 17.2 Å². The van der Waals surface area contributed by atoms with E-state index in [0.717, 1.165) is 66.5 Å². The van der Waals surface area contributed by atoms with Crippen LogP contribution in [0.4, 0.5) is 11.5 Å². The molecule has 9 heterocycles. The van der Waals surface area contributed by atoms with Gasteiger partial charge in [0, 0.05) is 79.9 Å². The number of aromatic amines is 1.